The van der Waals surface area contributed by atoms with Gasteiger partial charge in [-0.3, -0.25) is 4.79 Å². The minimum Gasteiger partial charge on any atom is -0.493 e. The number of hydrogen-bond donors (Lipinski definition) is 1. The summed E-state index contributed by atoms with van der Waals surface area (Å²) in [6.45, 7) is 7.94. The van der Waals surface area contributed by atoms with E-state index in [1.165, 1.54) is 5.56 Å². The van der Waals surface area contributed by atoms with Gasteiger partial charge in [-0.05, 0) is 62.1 Å². The van der Waals surface area contributed by atoms with E-state index >= 15 is 0 Å². The zero-order chi connectivity index (χ0) is 33.9. The molecule has 0 spiro atoms. The van der Waals surface area contributed by atoms with Gasteiger partial charge in [-0.2, -0.15) is 0 Å². The first kappa shape index (κ1) is 35.0. The number of ether oxygens (including phenoxy) is 4. The molecule has 1 aromatic heterocycles. The van der Waals surface area contributed by atoms with Crippen LogP contribution in [0.15, 0.2) is 66.7 Å². The third-order valence-corrected chi connectivity index (χ3v) is 9.20. The Labute approximate surface area is 284 Å². The average molecular weight is 658 g/mol. The number of benzene rings is 3. The number of carbonyl (C=O) groups excluding carboxylic acids is 1. The van der Waals surface area contributed by atoms with Crippen LogP contribution in [0.1, 0.15) is 54.4 Å². The first-order chi connectivity index (χ1) is 23.4. The Morgan fingerprint density at radius 1 is 0.938 bits per heavy atom. The number of aromatic nitrogens is 2. The predicted octanol–water partition coefficient (Wildman–Crippen LogP) is 6.31. The largest absolute Gasteiger partial charge is 0.493 e. The topological polar surface area (TPSA) is 90.3 Å². The van der Waals surface area contributed by atoms with Crippen molar-refractivity contribution in [2.45, 2.75) is 51.1 Å². The average Bonchev–Trinajstić information content (AvgIpc) is 3.48. The number of amides is 1. The number of nitrogens with one attached hydrogen (secondary N) is 1. The normalized spacial score (nSPS) is 14.5. The maximum Gasteiger partial charge on any atom is 0.253 e. The van der Waals surface area contributed by atoms with Crippen LogP contribution in [0.25, 0.3) is 11.0 Å². The minimum atomic E-state index is -0.0926. The van der Waals surface area contributed by atoms with Crippen LogP contribution in [-0.2, 0) is 11.3 Å². The molecule has 0 bridgehead atoms. The maximum absolute atomic E-state index is 13.7. The number of para-hydroxylation sites is 2. The fraction of sp³-hybridized carbons (Fsp3) is 0.474. The Hall–Kier alpha value is -4.28. The summed E-state index contributed by atoms with van der Waals surface area (Å²) in [6, 6.07) is 22.6. The van der Waals surface area contributed by atoms with Crippen LogP contribution in [0.4, 0.5) is 5.95 Å². The van der Waals surface area contributed by atoms with Crippen LogP contribution >= 0.6 is 0 Å². The minimum absolute atomic E-state index is 0.0926. The summed E-state index contributed by atoms with van der Waals surface area (Å²) in [6.07, 6.45) is 4.06. The molecule has 1 N–H and O–H groups in total. The van der Waals surface area contributed by atoms with Crippen molar-refractivity contribution in [3.05, 3.63) is 77.9 Å². The Balaban J connectivity index is 1.19. The number of methoxy groups -OCH3 is 3. The van der Waals surface area contributed by atoms with Gasteiger partial charge in [0.25, 0.3) is 5.91 Å². The number of rotatable bonds is 17. The number of fused-ring (bicyclic) bond motifs is 1. The Bertz CT molecular complexity index is 1580. The number of carbonyl (C=O) groups is 1. The molecule has 1 amide bonds. The van der Waals surface area contributed by atoms with E-state index in [1.54, 1.807) is 38.4 Å². The summed E-state index contributed by atoms with van der Waals surface area (Å²) in [5.74, 6) is 2.42. The number of anilines is 1. The molecule has 5 rings (SSSR count). The van der Waals surface area contributed by atoms with Crippen molar-refractivity contribution in [3.8, 4) is 17.2 Å². The molecular formula is C38H51N5O5. The van der Waals surface area contributed by atoms with E-state index in [2.05, 4.69) is 64.2 Å². The molecular weight excluding hydrogens is 606 g/mol. The van der Waals surface area contributed by atoms with Gasteiger partial charge in [-0.25, -0.2) is 4.98 Å². The molecule has 1 atom stereocenters. The fourth-order valence-electron chi connectivity index (χ4n) is 6.56. The lowest BCUT2D eigenvalue weighted by Crippen LogP contribution is -2.40. The summed E-state index contributed by atoms with van der Waals surface area (Å²) in [4.78, 5) is 22.9. The SMILES string of the molecule is CCCOCCn1c(NC2CCN(CCC(CN(C)C(=O)c3cc(OC)c(OC)c(OC)c3)c3ccccc3)CC2)nc2ccccc21. The van der Waals surface area contributed by atoms with Gasteiger partial charge >= 0.3 is 0 Å². The predicted molar refractivity (Wildman–Crippen MR) is 191 cm³/mol. The van der Waals surface area contributed by atoms with Gasteiger partial charge in [0.1, 0.15) is 0 Å². The molecule has 1 saturated heterocycles. The third-order valence-electron chi connectivity index (χ3n) is 9.20. The van der Waals surface area contributed by atoms with Crippen LogP contribution in [0, 0.1) is 0 Å². The van der Waals surface area contributed by atoms with Crippen LogP contribution in [0.3, 0.4) is 0 Å². The monoisotopic (exact) mass is 657 g/mol. The molecule has 1 aliphatic heterocycles. The maximum atomic E-state index is 13.7. The molecule has 1 fully saturated rings. The Morgan fingerprint density at radius 3 is 2.29 bits per heavy atom. The molecule has 1 aliphatic rings. The highest BCUT2D eigenvalue weighted by molar-refractivity contribution is 5.95. The van der Waals surface area contributed by atoms with Crippen molar-refractivity contribution in [1.29, 1.82) is 0 Å². The first-order valence-electron chi connectivity index (χ1n) is 17.1. The van der Waals surface area contributed by atoms with E-state index < -0.39 is 0 Å². The third kappa shape index (κ3) is 8.59. The summed E-state index contributed by atoms with van der Waals surface area (Å²) >= 11 is 0. The molecule has 2 heterocycles. The number of likely N-dealkylation sites (tertiary alicyclic amines) is 1. The lowest BCUT2D eigenvalue weighted by molar-refractivity contribution is 0.0781. The van der Waals surface area contributed by atoms with E-state index in [-0.39, 0.29) is 11.8 Å². The quantitative estimate of drug-likeness (QED) is 0.132. The zero-order valence-electron chi connectivity index (χ0n) is 29.1. The van der Waals surface area contributed by atoms with Crippen LogP contribution in [0.2, 0.25) is 0 Å². The van der Waals surface area contributed by atoms with Gasteiger partial charge in [0.2, 0.25) is 11.7 Å². The molecule has 1 unspecified atom stereocenters. The Morgan fingerprint density at radius 2 is 1.62 bits per heavy atom. The number of imidazole rings is 1. The summed E-state index contributed by atoms with van der Waals surface area (Å²) in [5, 5.41) is 3.77. The molecule has 0 saturated carbocycles. The smallest absolute Gasteiger partial charge is 0.253 e. The highest BCUT2D eigenvalue weighted by Crippen LogP contribution is 2.38. The fourth-order valence-corrected chi connectivity index (χ4v) is 6.56. The lowest BCUT2D eigenvalue weighted by atomic mass is 9.94. The highest BCUT2D eigenvalue weighted by atomic mass is 16.5. The molecule has 48 heavy (non-hydrogen) atoms. The standard InChI is InChI=1S/C38H51N5O5/c1-6-23-48-24-22-43-33-15-11-10-14-32(33)40-38(43)39-31-17-20-42(21-18-31)19-16-29(28-12-8-7-9-13-28)27-41(2)37(44)30-25-34(45-3)36(47-5)35(26-30)46-4/h7-15,25-26,29,31H,6,16-24,27H2,1-5H3,(H,39,40). The molecule has 0 aliphatic carbocycles. The second-order valence-electron chi connectivity index (χ2n) is 12.4. The van der Waals surface area contributed by atoms with Gasteiger partial charge in [0.15, 0.2) is 11.5 Å². The van der Waals surface area contributed by atoms with Gasteiger partial charge in [0.05, 0.1) is 39.0 Å². The van der Waals surface area contributed by atoms with Crippen molar-refractivity contribution in [2.75, 3.05) is 73.1 Å². The zero-order valence-corrected chi connectivity index (χ0v) is 29.1. The molecule has 10 heteroatoms. The first-order valence-corrected chi connectivity index (χ1v) is 17.1. The Kier molecular flexibility index (Phi) is 12.6. The van der Waals surface area contributed by atoms with E-state index in [0.29, 0.717) is 42.0 Å². The number of piperidine rings is 1. The molecule has 4 aromatic rings. The molecule has 3 aromatic carbocycles. The number of hydrogen-bond acceptors (Lipinski definition) is 8. The van der Waals surface area contributed by atoms with Gasteiger partial charge in [0, 0.05) is 57.4 Å². The van der Waals surface area contributed by atoms with Crippen molar-refractivity contribution in [1.82, 2.24) is 19.4 Å². The number of likely N-dealkylation sites (N-methyl/N-ethyl adjacent to an activating group) is 1. The molecule has 10 nitrogen and oxygen atoms in total. The van der Waals surface area contributed by atoms with E-state index in [0.717, 1.165) is 75.5 Å². The van der Waals surface area contributed by atoms with Gasteiger partial charge in [-0.1, -0.05) is 49.4 Å². The van der Waals surface area contributed by atoms with Crippen LogP contribution in [-0.4, -0.2) is 99.1 Å². The summed E-state index contributed by atoms with van der Waals surface area (Å²) in [5.41, 5.74) is 3.88. The second kappa shape index (κ2) is 17.2. The van der Waals surface area contributed by atoms with E-state index in [4.69, 9.17) is 23.9 Å². The van der Waals surface area contributed by atoms with Crippen LogP contribution < -0.4 is 19.5 Å². The van der Waals surface area contributed by atoms with Crippen molar-refractivity contribution >= 4 is 22.9 Å². The van der Waals surface area contributed by atoms with Crippen molar-refractivity contribution in [2.24, 2.45) is 0 Å². The lowest BCUT2D eigenvalue weighted by Gasteiger charge is -2.34. The van der Waals surface area contributed by atoms with Crippen LogP contribution in [0.5, 0.6) is 17.2 Å². The highest BCUT2D eigenvalue weighted by Gasteiger charge is 2.25. The van der Waals surface area contributed by atoms with E-state index in [1.807, 2.05) is 19.2 Å². The van der Waals surface area contributed by atoms with Crippen molar-refractivity contribution < 1.29 is 23.7 Å². The summed E-state index contributed by atoms with van der Waals surface area (Å²) in [7, 11) is 6.53. The molecule has 0 radical (unpaired) electrons. The summed E-state index contributed by atoms with van der Waals surface area (Å²) < 4.78 is 24.5. The second-order valence-corrected chi connectivity index (χ2v) is 12.4. The number of nitrogens with zero attached hydrogens (tertiary/aromatic N) is 4. The van der Waals surface area contributed by atoms with Gasteiger partial charge in [-0.15, -0.1) is 0 Å². The van der Waals surface area contributed by atoms with E-state index in [9.17, 15) is 4.79 Å². The van der Waals surface area contributed by atoms with Gasteiger partial charge < -0.3 is 38.6 Å². The molecule has 258 valence electrons. The van der Waals surface area contributed by atoms with Crippen molar-refractivity contribution in [3.63, 3.8) is 0 Å².